The third-order valence-corrected chi connectivity index (χ3v) is 6.18. The number of rotatable bonds is 5. The number of carbonyl (C=O) groups excluding carboxylic acids is 2. The lowest BCUT2D eigenvalue weighted by Gasteiger charge is -2.32. The minimum atomic E-state index is -0.548. The fourth-order valence-corrected chi connectivity index (χ4v) is 4.44. The molecule has 3 aromatic rings. The summed E-state index contributed by atoms with van der Waals surface area (Å²) in [7, 11) is 0. The van der Waals surface area contributed by atoms with E-state index in [2.05, 4.69) is 9.97 Å². The Morgan fingerprint density at radius 2 is 2.00 bits per heavy atom. The maximum Gasteiger partial charge on any atom is 0.252 e. The number of fused-ring (bicyclic) bond motifs is 1. The number of amides is 2. The molecule has 1 aromatic carbocycles. The van der Waals surface area contributed by atoms with Crippen LogP contribution in [0.2, 0.25) is 0 Å². The Morgan fingerprint density at radius 3 is 2.75 bits per heavy atom. The van der Waals surface area contributed by atoms with Gasteiger partial charge in [0.2, 0.25) is 5.91 Å². The van der Waals surface area contributed by atoms with Gasteiger partial charge >= 0.3 is 0 Å². The second-order valence-electron chi connectivity index (χ2n) is 8.35. The molecule has 3 heterocycles. The summed E-state index contributed by atoms with van der Waals surface area (Å²) in [5.74, 6) is 0.104. The number of aryl methyl sites for hydroxylation is 3. The summed E-state index contributed by atoms with van der Waals surface area (Å²) in [6, 6.07) is 9.38. The first kappa shape index (κ1) is 21.7. The number of carbonyl (C=O) groups is 2. The van der Waals surface area contributed by atoms with E-state index in [9.17, 15) is 14.4 Å². The average molecular weight is 434 g/mol. The smallest absolute Gasteiger partial charge is 0.252 e. The molecule has 166 valence electrons. The van der Waals surface area contributed by atoms with Crippen LogP contribution in [0.25, 0.3) is 10.9 Å². The number of nitrogens with two attached hydrogens (primary N) is 1. The summed E-state index contributed by atoms with van der Waals surface area (Å²) >= 11 is 0. The Labute approximate surface area is 186 Å². The molecule has 0 saturated carbocycles. The Bertz CT molecular complexity index is 1250. The van der Waals surface area contributed by atoms with E-state index in [1.165, 1.54) is 6.20 Å². The summed E-state index contributed by atoms with van der Waals surface area (Å²) in [6.07, 6.45) is 3.45. The summed E-state index contributed by atoms with van der Waals surface area (Å²) in [6.45, 7) is 5.20. The predicted octanol–water partition coefficient (Wildman–Crippen LogP) is 2.30. The van der Waals surface area contributed by atoms with E-state index in [1.807, 2.05) is 36.1 Å². The van der Waals surface area contributed by atoms with Crippen molar-refractivity contribution in [1.29, 1.82) is 0 Å². The fourth-order valence-electron chi connectivity index (χ4n) is 4.44. The predicted molar refractivity (Wildman–Crippen MR) is 121 cm³/mol. The molecule has 0 bridgehead atoms. The van der Waals surface area contributed by atoms with Crippen LogP contribution in [0.5, 0.6) is 0 Å². The summed E-state index contributed by atoms with van der Waals surface area (Å²) in [5, 5.41) is 1.02. The van der Waals surface area contributed by atoms with Crippen molar-refractivity contribution in [2.45, 2.75) is 45.6 Å². The molecule has 1 atom stereocenters. The molecule has 1 aliphatic heterocycles. The van der Waals surface area contributed by atoms with Crippen molar-refractivity contribution >= 4 is 22.7 Å². The minimum absolute atomic E-state index is 0.0104. The van der Waals surface area contributed by atoms with Crippen LogP contribution in [0.4, 0.5) is 0 Å². The van der Waals surface area contributed by atoms with E-state index in [0.29, 0.717) is 36.7 Å². The number of benzene rings is 1. The molecule has 1 aliphatic rings. The molecule has 4 rings (SSSR count). The van der Waals surface area contributed by atoms with Gasteiger partial charge in [-0.25, -0.2) is 9.97 Å². The number of primary amides is 1. The molecule has 2 amide bonds. The number of hydrogen-bond donors (Lipinski definition) is 1. The van der Waals surface area contributed by atoms with Gasteiger partial charge in [0.05, 0.1) is 16.8 Å². The lowest BCUT2D eigenvalue weighted by molar-refractivity contribution is -0.132. The van der Waals surface area contributed by atoms with E-state index in [1.54, 1.807) is 17.6 Å². The largest absolute Gasteiger partial charge is 0.365 e. The van der Waals surface area contributed by atoms with Gasteiger partial charge in [0.25, 0.3) is 11.5 Å². The van der Waals surface area contributed by atoms with Crippen molar-refractivity contribution in [1.82, 2.24) is 19.4 Å². The average Bonchev–Trinajstić information content (AvgIpc) is 2.78. The van der Waals surface area contributed by atoms with Crippen LogP contribution >= 0.6 is 0 Å². The van der Waals surface area contributed by atoms with Crippen molar-refractivity contribution < 1.29 is 9.59 Å². The van der Waals surface area contributed by atoms with Gasteiger partial charge in [0, 0.05) is 49.6 Å². The van der Waals surface area contributed by atoms with Crippen molar-refractivity contribution in [3.63, 3.8) is 0 Å². The molecule has 0 spiro atoms. The first-order valence-corrected chi connectivity index (χ1v) is 10.9. The Kier molecular flexibility index (Phi) is 6.03. The number of para-hydroxylation sites is 1. The van der Waals surface area contributed by atoms with E-state index in [-0.39, 0.29) is 23.8 Å². The summed E-state index contributed by atoms with van der Waals surface area (Å²) in [4.78, 5) is 47.6. The van der Waals surface area contributed by atoms with Gasteiger partial charge in [-0.15, -0.1) is 0 Å². The maximum atomic E-state index is 13.0. The third-order valence-electron chi connectivity index (χ3n) is 6.18. The van der Waals surface area contributed by atoms with Crippen LogP contribution < -0.4 is 11.3 Å². The first-order valence-electron chi connectivity index (χ1n) is 10.9. The van der Waals surface area contributed by atoms with Crippen LogP contribution in [0, 0.1) is 13.8 Å². The molecule has 2 aromatic heterocycles. The number of likely N-dealkylation sites (tertiary alicyclic amines) is 1. The van der Waals surface area contributed by atoms with Crippen LogP contribution in [0.1, 0.15) is 52.6 Å². The molecule has 32 heavy (non-hydrogen) atoms. The topological polar surface area (TPSA) is 111 Å². The van der Waals surface area contributed by atoms with Gasteiger partial charge in [-0.05, 0) is 38.3 Å². The standard InChI is InChI=1S/C24H27N5O3/c1-15-12-22(31)29(20-8-4-3-7-18(15)20)11-9-21(30)28-10-5-6-17(14-28)24-26-13-19(23(25)32)16(2)27-24/h3-4,7-8,12-13,17H,5-6,9-11,14H2,1-2H3,(H2,25,32). The van der Waals surface area contributed by atoms with Gasteiger partial charge < -0.3 is 15.2 Å². The zero-order chi connectivity index (χ0) is 22.8. The fraction of sp³-hybridized carbons (Fsp3) is 0.375. The molecule has 1 fully saturated rings. The van der Waals surface area contributed by atoms with Crippen molar-refractivity contribution in [2.24, 2.45) is 5.73 Å². The number of aromatic nitrogens is 3. The first-order chi connectivity index (χ1) is 15.3. The van der Waals surface area contributed by atoms with Crippen LogP contribution in [-0.4, -0.2) is 44.3 Å². The Hall–Kier alpha value is -3.55. The van der Waals surface area contributed by atoms with Crippen LogP contribution in [0.15, 0.2) is 41.3 Å². The van der Waals surface area contributed by atoms with E-state index < -0.39 is 5.91 Å². The molecular weight excluding hydrogens is 406 g/mol. The molecule has 1 saturated heterocycles. The zero-order valence-electron chi connectivity index (χ0n) is 18.4. The highest BCUT2D eigenvalue weighted by Crippen LogP contribution is 2.25. The van der Waals surface area contributed by atoms with Gasteiger partial charge in [-0.1, -0.05) is 18.2 Å². The molecule has 0 radical (unpaired) electrons. The second-order valence-corrected chi connectivity index (χ2v) is 8.35. The summed E-state index contributed by atoms with van der Waals surface area (Å²) < 4.78 is 1.68. The highest BCUT2D eigenvalue weighted by molar-refractivity contribution is 5.93. The lowest BCUT2D eigenvalue weighted by Crippen LogP contribution is -2.40. The van der Waals surface area contributed by atoms with Gasteiger partial charge in [-0.2, -0.15) is 0 Å². The van der Waals surface area contributed by atoms with Crippen molar-refractivity contribution in [2.75, 3.05) is 13.1 Å². The highest BCUT2D eigenvalue weighted by Gasteiger charge is 2.27. The Balaban J connectivity index is 1.47. The van der Waals surface area contributed by atoms with E-state index in [4.69, 9.17) is 5.73 Å². The lowest BCUT2D eigenvalue weighted by atomic mass is 9.96. The van der Waals surface area contributed by atoms with Crippen LogP contribution in [0.3, 0.4) is 0 Å². The molecule has 1 unspecified atom stereocenters. The maximum absolute atomic E-state index is 13.0. The Morgan fingerprint density at radius 1 is 1.22 bits per heavy atom. The third kappa shape index (κ3) is 4.26. The minimum Gasteiger partial charge on any atom is -0.365 e. The normalized spacial score (nSPS) is 16.3. The van der Waals surface area contributed by atoms with E-state index in [0.717, 1.165) is 29.3 Å². The quantitative estimate of drug-likeness (QED) is 0.664. The molecule has 0 aliphatic carbocycles. The van der Waals surface area contributed by atoms with Crippen molar-refractivity contribution in [3.8, 4) is 0 Å². The molecule has 8 heteroatoms. The monoisotopic (exact) mass is 433 g/mol. The van der Waals surface area contributed by atoms with Gasteiger partial charge in [0.1, 0.15) is 5.82 Å². The zero-order valence-corrected chi connectivity index (χ0v) is 18.4. The van der Waals surface area contributed by atoms with Crippen LogP contribution in [-0.2, 0) is 11.3 Å². The SMILES string of the molecule is Cc1nc(C2CCCN(C(=O)CCn3c(=O)cc(C)c4ccccc43)C2)ncc1C(N)=O. The highest BCUT2D eigenvalue weighted by atomic mass is 16.2. The van der Waals surface area contributed by atoms with Crippen molar-refractivity contribution in [3.05, 3.63) is 69.5 Å². The molecule has 2 N–H and O–H groups in total. The second kappa shape index (κ2) is 8.90. The number of pyridine rings is 1. The number of nitrogens with zero attached hydrogens (tertiary/aromatic N) is 4. The number of piperidine rings is 1. The van der Waals surface area contributed by atoms with E-state index >= 15 is 0 Å². The summed E-state index contributed by atoms with van der Waals surface area (Å²) in [5.41, 5.74) is 7.90. The van der Waals surface area contributed by atoms with Gasteiger partial charge in [0.15, 0.2) is 0 Å². The molecular formula is C24H27N5O3. The molecule has 8 nitrogen and oxygen atoms in total. The number of hydrogen-bond acceptors (Lipinski definition) is 5. The van der Waals surface area contributed by atoms with Gasteiger partial charge in [-0.3, -0.25) is 14.4 Å².